The molecule has 1 saturated heterocycles. The molecule has 1 aromatic rings. The van der Waals surface area contributed by atoms with Crippen molar-refractivity contribution < 1.29 is 4.79 Å². The Hall–Kier alpha value is -1.07. The molecule has 1 atom stereocenters. The van der Waals surface area contributed by atoms with Gasteiger partial charge in [-0.1, -0.05) is 0 Å². The molecular weight excluding hydrogens is 252 g/mol. The van der Waals surface area contributed by atoms with Gasteiger partial charge < -0.3 is 10.6 Å². The molecule has 1 aromatic heterocycles. The Morgan fingerprint density at radius 3 is 2.89 bits per heavy atom. The number of amides is 1. The summed E-state index contributed by atoms with van der Waals surface area (Å²) in [7, 11) is 1.84. The number of nitrogens with one attached hydrogen (secondary N) is 2. The van der Waals surface area contributed by atoms with Gasteiger partial charge in [-0.05, 0) is 37.8 Å². The molecule has 0 radical (unpaired) electrons. The van der Waals surface area contributed by atoms with Crippen LogP contribution < -0.4 is 10.6 Å². The lowest BCUT2D eigenvalue weighted by Crippen LogP contribution is -2.31. The van der Waals surface area contributed by atoms with Crippen LogP contribution in [0.5, 0.6) is 0 Å². The maximum absolute atomic E-state index is 12.1. The van der Waals surface area contributed by atoms with E-state index in [0.717, 1.165) is 38.2 Å². The number of carbonyl (C=O) groups is 1. The third kappa shape index (κ3) is 2.24. The molecule has 0 bridgehead atoms. The van der Waals surface area contributed by atoms with Crippen LogP contribution in [0.4, 0.5) is 5.82 Å². The number of halogens is 1. The topological polar surface area (TPSA) is 59.0 Å². The van der Waals surface area contributed by atoms with Crippen molar-refractivity contribution in [3.63, 3.8) is 0 Å². The third-order valence-corrected chi connectivity index (χ3v) is 4.18. The molecule has 1 aliphatic heterocycles. The summed E-state index contributed by atoms with van der Waals surface area (Å²) in [5, 5.41) is 10.4. The molecule has 5 nitrogen and oxygen atoms in total. The minimum absolute atomic E-state index is 0. The number of hydrogen-bond acceptors (Lipinski definition) is 3. The first-order valence-corrected chi connectivity index (χ1v) is 6.21. The lowest BCUT2D eigenvalue weighted by molar-refractivity contribution is -0.118. The fraction of sp³-hybridized carbons (Fsp3) is 0.667. The number of piperidine rings is 1. The van der Waals surface area contributed by atoms with Crippen LogP contribution in [0.25, 0.3) is 0 Å². The molecule has 2 aliphatic rings. The van der Waals surface area contributed by atoms with E-state index in [1.807, 2.05) is 13.1 Å². The summed E-state index contributed by atoms with van der Waals surface area (Å²) in [6.45, 7) is 2.10. The van der Waals surface area contributed by atoms with Crippen molar-refractivity contribution in [1.29, 1.82) is 0 Å². The fourth-order valence-electron chi connectivity index (χ4n) is 2.91. The van der Waals surface area contributed by atoms with Crippen molar-refractivity contribution in [1.82, 2.24) is 15.1 Å². The van der Waals surface area contributed by atoms with Crippen molar-refractivity contribution >= 4 is 24.1 Å². The monoisotopic (exact) mass is 270 g/mol. The van der Waals surface area contributed by atoms with Gasteiger partial charge in [-0.15, -0.1) is 12.4 Å². The Kier molecular flexibility index (Phi) is 3.64. The van der Waals surface area contributed by atoms with E-state index in [9.17, 15) is 4.79 Å². The quantitative estimate of drug-likeness (QED) is 0.848. The van der Waals surface area contributed by atoms with Gasteiger partial charge in [0.2, 0.25) is 5.91 Å². The minimum atomic E-state index is 0. The molecule has 2 N–H and O–H groups in total. The van der Waals surface area contributed by atoms with Crippen molar-refractivity contribution in [2.45, 2.75) is 19.3 Å². The number of aromatic nitrogens is 2. The summed E-state index contributed by atoms with van der Waals surface area (Å²) in [5.41, 5.74) is 0.300. The summed E-state index contributed by atoms with van der Waals surface area (Å²) in [6.07, 6.45) is 5.02. The molecular formula is C12H19ClN4O. The molecule has 100 valence electrons. The van der Waals surface area contributed by atoms with Crippen LogP contribution in [0.2, 0.25) is 0 Å². The highest BCUT2D eigenvalue weighted by Gasteiger charge is 2.57. The van der Waals surface area contributed by atoms with Gasteiger partial charge in [0.1, 0.15) is 5.82 Å². The number of carbonyl (C=O) groups excluding carboxylic acids is 1. The zero-order valence-electron chi connectivity index (χ0n) is 10.5. The summed E-state index contributed by atoms with van der Waals surface area (Å²) < 4.78 is 1.69. The lowest BCUT2D eigenvalue weighted by Gasteiger charge is -2.23. The van der Waals surface area contributed by atoms with Gasteiger partial charge >= 0.3 is 0 Å². The second-order valence-electron chi connectivity index (χ2n) is 5.20. The first-order valence-electron chi connectivity index (χ1n) is 6.21. The molecule has 2 heterocycles. The standard InChI is InChI=1S/C12H18N4O.ClH/c1-16-10(2-5-14-16)15-11(17)9-8-12(9)3-6-13-7-4-12;/h2,5,9,13H,3-4,6-8H2,1H3,(H,15,17);1H. The number of hydrogen-bond donors (Lipinski definition) is 2. The summed E-state index contributed by atoms with van der Waals surface area (Å²) >= 11 is 0. The molecule has 6 heteroatoms. The molecule has 1 saturated carbocycles. The molecule has 18 heavy (non-hydrogen) atoms. The second kappa shape index (κ2) is 4.90. The van der Waals surface area contributed by atoms with E-state index in [1.165, 1.54) is 0 Å². The third-order valence-electron chi connectivity index (χ3n) is 4.18. The van der Waals surface area contributed by atoms with Crippen LogP contribution in [-0.2, 0) is 11.8 Å². The summed E-state index contributed by atoms with van der Waals surface area (Å²) in [4.78, 5) is 12.1. The number of anilines is 1. The number of rotatable bonds is 2. The maximum Gasteiger partial charge on any atom is 0.229 e. The van der Waals surface area contributed by atoms with E-state index in [1.54, 1.807) is 10.9 Å². The van der Waals surface area contributed by atoms with Gasteiger partial charge in [0.05, 0.1) is 6.20 Å². The zero-order chi connectivity index (χ0) is 11.9. The minimum Gasteiger partial charge on any atom is -0.317 e. The summed E-state index contributed by atoms with van der Waals surface area (Å²) in [6, 6.07) is 1.83. The van der Waals surface area contributed by atoms with E-state index in [-0.39, 0.29) is 24.2 Å². The molecule has 3 rings (SSSR count). The van der Waals surface area contributed by atoms with Gasteiger partial charge in [0.25, 0.3) is 0 Å². The van der Waals surface area contributed by atoms with E-state index < -0.39 is 0 Å². The largest absolute Gasteiger partial charge is 0.317 e. The van der Waals surface area contributed by atoms with Crippen LogP contribution in [0.3, 0.4) is 0 Å². The van der Waals surface area contributed by atoms with E-state index in [2.05, 4.69) is 15.7 Å². The molecule has 1 spiro atoms. The highest BCUT2D eigenvalue weighted by atomic mass is 35.5. The van der Waals surface area contributed by atoms with Crippen LogP contribution in [-0.4, -0.2) is 28.8 Å². The first-order chi connectivity index (χ1) is 8.21. The van der Waals surface area contributed by atoms with Crippen molar-refractivity contribution in [3.05, 3.63) is 12.3 Å². The molecule has 1 unspecified atom stereocenters. The van der Waals surface area contributed by atoms with Crippen molar-refractivity contribution in [2.75, 3.05) is 18.4 Å². The molecule has 1 aliphatic carbocycles. The van der Waals surface area contributed by atoms with E-state index >= 15 is 0 Å². The molecule has 1 amide bonds. The Morgan fingerprint density at radius 2 is 2.28 bits per heavy atom. The molecule has 2 fully saturated rings. The van der Waals surface area contributed by atoms with Gasteiger partial charge in [0.15, 0.2) is 0 Å². The normalized spacial score (nSPS) is 24.4. The van der Waals surface area contributed by atoms with Crippen LogP contribution in [0.1, 0.15) is 19.3 Å². The van der Waals surface area contributed by atoms with Gasteiger partial charge in [-0.2, -0.15) is 5.10 Å². The lowest BCUT2D eigenvalue weighted by atomic mass is 9.92. The van der Waals surface area contributed by atoms with Gasteiger partial charge in [-0.25, -0.2) is 0 Å². The Bertz CT molecular complexity index is 439. The van der Waals surface area contributed by atoms with Crippen LogP contribution in [0.15, 0.2) is 12.3 Å². The maximum atomic E-state index is 12.1. The summed E-state index contributed by atoms with van der Waals surface area (Å²) in [5.74, 6) is 1.15. The predicted octanol–water partition coefficient (Wildman–Crippen LogP) is 1.17. The highest BCUT2D eigenvalue weighted by molar-refractivity contribution is 5.94. The SMILES string of the molecule is Cl.Cn1nccc1NC(=O)C1CC12CCNCC2. The van der Waals surface area contributed by atoms with Crippen molar-refractivity contribution in [3.8, 4) is 0 Å². The Morgan fingerprint density at radius 1 is 1.56 bits per heavy atom. The molecule has 0 aromatic carbocycles. The van der Waals surface area contributed by atoms with Crippen LogP contribution >= 0.6 is 12.4 Å². The van der Waals surface area contributed by atoms with Gasteiger partial charge in [0, 0.05) is 19.0 Å². The van der Waals surface area contributed by atoms with E-state index in [0.29, 0.717) is 5.41 Å². The fourth-order valence-corrected chi connectivity index (χ4v) is 2.91. The van der Waals surface area contributed by atoms with Crippen LogP contribution in [0, 0.1) is 11.3 Å². The average molecular weight is 271 g/mol. The highest BCUT2D eigenvalue weighted by Crippen LogP contribution is 2.58. The smallest absolute Gasteiger partial charge is 0.229 e. The van der Waals surface area contributed by atoms with Gasteiger partial charge in [-0.3, -0.25) is 9.48 Å². The van der Waals surface area contributed by atoms with Crippen molar-refractivity contribution in [2.24, 2.45) is 18.4 Å². The number of nitrogens with zero attached hydrogens (tertiary/aromatic N) is 2. The predicted molar refractivity (Wildman–Crippen MR) is 71.7 cm³/mol. The van der Waals surface area contributed by atoms with E-state index in [4.69, 9.17) is 0 Å². The first kappa shape index (κ1) is 13.4. The Labute approximate surface area is 113 Å². The Balaban J connectivity index is 0.00000120. The average Bonchev–Trinajstić information content (AvgIpc) is 2.87. The zero-order valence-corrected chi connectivity index (χ0v) is 11.3. The number of aryl methyl sites for hydroxylation is 1. The second-order valence-corrected chi connectivity index (χ2v) is 5.20.